The van der Waals surface area contributed by atoms with Crippen molar-refractivity contribution in [2.45, 2.75) is 112 Å². The van der Waals surface area contributed by atoms with Crippen LogP contribution in [-0.4, -0.2) is 55.9 Å². The molecule has 52 heavy (non-hydrogen) atoms. The Morgan fingerprint density at radius 2 is 1.52 bits per heavy atom. The second-order valence-corrected chi connectivity index (χ2v) is 14.1. The van der Waals surface area contributed by atoms with E-state index in [9.17, 15) is 19.5 Å². The van der Waals surface area contributed by atoms with E-state index in [2.05, 4.69) is 74.8 Å². The van der Waals surface area contributed by atoms with Gasteiger partial charge in [-0.25, -0.2) is 9.78 Å². The van der Waals surface area contributed by atoms with Gasteiger partial charge in [-0.2, -0.15) is 0 Å². The Labute approximate surface area is 306 Å². The molecule has 276 valence electrons. The summed E-state index contributed by atoms with van der Waals surface area (Å²) in [5.41, 5.74) is 11.0. The Balaban J connectivity index is 1.89. The lowest BCUT2D eigenvalue weighted by molar-refractivity contribution is -0.130. The molecule has 2 unspecified atom stereocenters. The van der Waals surface area contributed by atoms with E-state index in [0.29, 0.717) is 42.0 Å². The molecule has 0 aromatic carbocycles. The van der Waals surface area contributed by atoms with Gasteiger partial charge in [-0.1, -0.05) is 53.2 Å². The number of hydrogen-bond acceptors (Lipinski definition) is 5. The van der Waals surface area contributed by atoms with Crippen LogP contribution in [0.25, 0.3) is 39.3 Å². The molecule has 3 aromatic heterocycles. The van der Waals surface area contributed by atoms with Crippen molar-refractivity contribution in [1.29, 1.82) is 0 Å². The van der Waals surface area contributed by atoms with Gasteiger partial charge in [-0.05, 0) is 86.9 Å². The predicted molar refractivity (Wildman–Crippen MR) is 210 cm³/mol. The topological polar surface area (TPSA) is 153 Å². The molecule has 0 fully saturated rings. The van der Waals surface area contributed by atoms with Gasteiger partial charge >= 0.3 is 5.97 Å². The average molecular weight is 707 g/mol. The van der Waals surface area contributed by atoms with Gasteiger partial charge in [-0.15, -0.1) is 0 Å². The second-order valence-electron chi connectivity index (χ2n) is 14.1. The van der Waals surface area contributed by atoms with Crippen LogP contribution in [0.5, 0.6) is 0 Å². The number of carbonyl (C=O) groups excluding carboxylic acids is 2. The van der Waals surface area contributed by atoms with Gasteiger partial charge in [0.25, 0.3) is 0 Å². The molecule has 8 bridgehead atoms. The number of fused-ring (bicyclic) bond motifs is 8. The highest BCUT2D eigenvalue weighted by Gasteiger charge is 2.35. The van der Waals surface area contributed by atoms with Gasteiger partial charge in [0.1, 0.15) is 0 Å². The standard InChI is InChI=1S/C42H54N6O4/c1-9-13-17-43-37(49)16-15-29-25(7)33-20-31-23(5)27(11-3)35(45-31)21-32-24(6)28(12-4)36(46-32)22-34-26(8)39(42(51)52)41(48-34)30(40(29)47-33)19-38(50)44-18-14-10-2/h11,20-22,25,29,45-46H,3,9-10,12-19H2,1-2,4-8H3,(H,43,49)(H,44,50)(H,51,52). The summed E-state index contributed by atoms with van der Waals surface area (Å²) >= 11 is 0. The van der Waals surface area contributed by atoms with Gasteiger partial charge in [0.05, 0.1) is 29.1 Å². The fourth-order valence-electron chi connectivity index (χ4n) is 7.50. The third kappa shape index (κ3) is 7.76. The van der Waals surface area contributed by atoms with Gasteiger partial charge in [0.15, 0.2) is 0 Å². The molecular formula is C42H54N6O4. The number of amides is 2. The molecule has 2 amide bonds. The lowest BCUT2D eigenvalue weighted by Gasteiger charge is -2.19. The van der Waals surface area contributed by atoms with Gasteiger partial charge in [-0.3, -0.25) is 14.6 Å². The molecule has 5 heterocycles. The number of carboxylic acid groups (broad SMARTS) is 1. The fraction of sp³-hybridized carbons (Fsp3) is 0.452. The average Bonchev–Trinajstić information content (AvgIpc) is 3.79. The first-order valence-corrected chi connectivity index (χ1v) is 18.8. The number of carbonyl (C=O) groups is 3. The van der Waals surface area contributed by atoms with Crippen molar-refractivity contribution < 1.29 is 19.5 Å². The maximum absolute atomic E-state index is 13.6. The molecule has 5 N–H and O–H groups in total. The normalized spacial score (nSPS) is 15.5. The van der Waals surface area contributed by atoms with E-state index in [4.69, 9.17) is 9.97 Å². The predicted octanol–water partition coefficient (Wildman–Crippen LogP) is 8.19. The third-order valence-corrected chi connectivity index (χ3v) is 10.7. The zero-order valence-corrected chi connectivity index (χ0v) is 31.8. The highest BCUT2D eigenvalue weighted by atomic mass is 16.4. The summed E-state index contributed by atoms with van der Waals surface area (Å²) in [5, 5.41) is 16.7. The van der Waals surface area contributed by atoms with Crippen LogP contribution < -0.4 is 10.6 Å². The molecule has 2 aliphatic rings. The summed E-state index contributed by atoms with van der Waals surface area (Å²) in [5.74, 6) is -1.77. The smallest absolute Gasteiger partial charge is 0.338 e. The molecule has 0 saturated heterocycles. The molecule has 10 heteroatoms. The molecule has 2 atom stereocenters. The first kappa shape index (κ1) is 38.2. The van der Waals surface area contributed by atoms with E-state index in [1.165, 1.54) is 0 Å². The first-order valence-electron chi connectivity index (χ1n) is 18.8. The monoisotopic (exact) mass is 706 g/mol. The van der Waals surface area contributed by atoms with Crippen LogP contribution in [0.4, 0.5) is 0 Å². The van der Waals surface area contributed by atoms with Crippen molar-refractivity contribution in [2.75, 3.05) is 13.1 Å². The summed E-state index contributed by atoms with van der Waals surface area (Å²) in [6.07, 6.45) is 6.91. The minimum atomic E-state index is -1.12. The van der Waals surface area contributed by atoms with E-state index in [-0.39, 0.29) is 47.8 Å². The molecule has 0 aliphatic carbocycles. The second kappa shape index (κ2) is 16.6. The maximum Gasteiger partial charge on any atom is 0.338 e. The molecule has 2 aliphatic heterocycles. The van der Waals surface area contributed by atoms with Gasteiger partial charge in [0, 0.05) is 70.2 Å². The SMILES string of the molecule is C=Cc1c(C)c2cc3nc(c(CC(=O)NCCCC)c4nc(cc5[nH]c(cc1[nH]2)c(C)c5CC)C(C)=C4C(=O)O)C(CCC(=O)NCCCC)C3C. The highest BCUT2D eigenvalue weighted by molar-refractivity contribution is 6.24. The summed E-state index contributed by atoms with van der Waals surface area (Å²) in [6.45, 7) is 19.5. The van der Waals surface area contributed by atoms with Crippen molar-refractivity contribution in [3.8, 4) is 0 Å². The number of allylic oxidation sites excluding steroid dienone is 1. The Morgan fingerprint density at radius 3 is 2.15 bits per heavy atom. The van der Waals surface area contributed by atoms with Crippen LogP contribution >= 0.6 is 0 Å². The summed E-state index contributed by atoms with van der Waals surface area (Å²) < 4.78 is 0. The number of aliphatic carboxylic acids is 1. The maximum atomic E-state index is 13.6. The lowest BCUT2D eigenvalue weighted by Crippen LogP contribution is -2.27. The highest BCUT2D eigenvalue weighted by Crippen LogP contribution is 2.43. The first-order chi connectivity index (χ1) is 24.9. The van der Waals surface area contributed by atoms with Crippen LogP contribution in [-0.2, 0) is 27.2 Å². The van der Waals surface area contributed by atoms with Crippen LogP contribution in [0.3, 0.4) is 0 Å². The lowest BCUT2D eigenvalue weighted by atomic mass is 9.84. The third-order valence-electron chi connectivity index (χ3n) is 10.7. The van der Waals surface area contributed by atoms with Crippen LogP contribution in [0.1, 0.15) is 136 Å². The zero-order valence-electron chi connectivity index (χ0n) is 31.8. The quantitative estimate of drug-likeness (QED) is 0.107. The number of nitrogens with one attached hydrogen (secondary N) is 4. The van der Waals surface area contributed by atoms with Crippen LogP contribution in [0.15, 0.2) is 24.8 Å². The van der Waals surface area contributed by atoms with E-state index in [0.717, 1.165) is 82.1 Å². The number of H-pyrrole nitrogens is 2. The zero-order chi connectivity index (χ0) is 37.7. The molecule has 10 nitrogen and oxygen atoms in total. The molecule has 5 rings (SSSR count). The fourth-order valence-corrected chi connectivity index (χ4v) is 7.50. The number of aromatic nitrogens is 4. The molecular weight excluding hydrogens is 652 g/mol. The van der Waals surface area contributed by atoms with Crippen molar-refractivity contribution in [3.63, 3.8) is 0 Å². The summed E-state index contributed by atoms with van der Waals surface area (Å²) in [6, 6.07) is 6.06. The molecule has 3 aromatic rings. The molecule has 0 saturated carbocycles. The van der Waals surface area contributed by atoms with Crippen molar-refractivity contribution >= 4 is 57.1 Å². The van der Waals surface area contributed by atoms with Crippen LogP contribution in [0, 0.1) is 13.8 Å². The van der Waals surface area contributed by atoms with Crippen molar-refractivity contribution in [3.05, 3.63) is 75.4 Å². The Morgan fingerprint density at radius 1 is 0.865 bits per heavy atom. The van der Waals surface area contributed by atoms with E-state index >= 15 is 0 Å². The molecule has 0 spiro atoms. The minimum absolute atomic E-state index is 0.0387. The largest absolute Gasteiger partial charge is 0.478 e. The molecule has 0 radical (unpaired) electrons. The number of aromatic amines is 2. The number of rotatable bonds is 14. The Bertz CT molecular complexity index is 2080. The number of hydrogen-bond donors (Lipinski definition) is 5. The summed E-state index contributed by atoms with van der Waals surface area (Å²) in [4.78, 5) is 57.2. The number of nitrogens with zero attached hydrogens (tertiary/aromatic N) is 2. The number of unbranched alkanes of at least 4 members (excludes halogenated alkanes) is 2. The van der Waals surface area contributed by atoms with E-state index in [1.54, 1.807) is 6.92 Å². The Hall–Kier alpha value is -4.99. The minimum Gasteiger partial charge on any atom is -0.478 e. The number of carboxylic acids is 1. The van der Waals surface area contributed by atoms with Crippen LogP contribution in [0.2, 0.25) is 0 Å². The van der Waals surface area contributed by atoms with Gasteiger partial charge < -0.3 is 25.7 Å². The summed E-state index contributed by atoms with van der Waals surface area (Å²) in [7, 11) is 0. The van der Waals surface area contributed by atoms with Crippen molar-refractivity contribution in [2.24, 2.45) is 0 Å². The van der Waals surface area contributed by atoms with Gasteiger partial charge in [0.2, 0.25) is 11.8 Å². The number of aryl methyl sites for hydroxylation is 3. The Kier molecular flexibility index (Phi) is 12.2. The van der Waals surface area contributed by atoms with Crippen molar-refractivity contribution in [1.82, 2.24) is 30.6 Å². The van der Waals surface area contributed by atoms with E-state index < -0.39 is 5.97 Å². The van der Waals surface area contributed by atoms with E-state index in [1.807, 2.05) is 18.2 Å².